The van der Waals surface area contributed by atoms with Crippen LogP contribution in [0, 0.1) is 13.8 Å². The van der Waals surface area contributed by atoms with Crippen LogP contribution in [-0.2, 0) is 24.4 Å². The summed E-state index contributed by atoms with van der Waals surface area (Å²) in [6.07, 6.45) is 0. The molecule has 7 nitrogen and oxygen atoms in total. The molecule has 0 unspecified atom stereocenters. The van der Waals surface area contributed by atoms with Gasteiger partial charge >= 0.3 is 0 Å². The molecular weight excluding hydrogens is 342 g/mol. The number of hydrogen-bond acceptors (Lipinski definition) is 4. The Bertz CT molecular complexity index is 752. The molecule has 27 heavy (non-hydrogen) atoms. The second-order valence-corrected chi connectivity index (χ2v) is 6.47. The van der Waals surface area contributed by atoms with Gasteiger partial charge < -0.3 is 19.7 Å². The average Bonchev–Trinajstić information content (AvgIpc) is 2.94. The molecule has 1 aromatic carbocycles. The summed E-state index contributed by atoms with van der Waals surface area (Å²) in [6, 6.07) is 8.08. The van der Waals surface area contributed by atoms with E-state index in [2.05, 4.69) is 39.4 Å². The Labute approximate surface area is 162 Å². The van der Waals surface area contributed by atoms with Crippen LogP contribution in [-0.4, -0.2) is 55.6 Å². The highest BCUT2D eigenvalue weighted by Gasteiger charge is 2.13. The number of aromatic nitrogens is 2. The highest BCUT2D eigenvalue weighted by atomic mass is 16.5. The van der Waals surface area contributed by atoms with Gasteiger partial charge in [-0.25, -0.2) is 0 Å². The van der Waals surface area contributed by atoms with Gasteiger partial charge in [0, 0.05) is 45.6 Å². The van der Waals surface area contributed by atoms with E-state index in [-0.39, 0.29) is 0 Å². The van der Waals surface area contributed by atoms with Crippen molar-refractivity contribution < 1.29 is 9.47 Å². The van der Waals surface area contributed by atoms with Crippen LogP contribution in [0.25, 0.3) is 0 Å². The number of nitrogens with one attached hydrogen (secondary N) is 1. The highest BCUT2D eigenvalue weighted by Crippen LogP contribution is 2.14. The molecule has 2 aromatic rings. The van der Waals surface area contributed by atoms with Gasteiger partial charge in [-0.1, -0.05) is 12.1 Å². The molecule has 0 amide bonds. The molecule has 0 aliphatic rings. The lowest BCUT2D eigenvalue weighted by atomic mass is 10.2. The molecule has 0 aliphatic carbocycles. The van der Waals surface area contributed by atoms with E-state index in [1.54, 1.807) is 21.3 Å². The smallest absolute Gasteiger partial charge is 0.193 e. The van der Waals surface area contributed by atoms with Gasteiger partial charge in [0.1, 0.15) is 5.75 Å². The van der Waals surface area contributed by atoms with Gasteiger partial charge in [-0.2, -0.15) is 5.10 Å². The van der Waals surface area contributed by atoms with E-state index in [0.29, 0.717) is 13.2 Å². The summed E-state index contributed by atoms with van der Waals surface area (Å²) in [5.41, 5.74) is 4.58. The molecule has 0 saturated carbocycles. The van der Waals surface area contributed by atoms with Crippen LogP contribution in [0.3, 0.4) is 0 Å². The summed E-state index contributed by atoms with van der Waals surface area (Å²) >= 11 is 0. The Morgan fingerprint density at radius 1 is 1.22 bits per heavy atom. The number of rotatable bonds is 8. The van der Waals surface area contributed by atoms with Gasteiger partial charge in [0.2, 0.25) is 0 Å². The highest BCUT2D eigenvalue weighted by molar-refractivity contribution is 5.79. The number of benzene rings is 1. The van der Waals surface area contributed by atoms with Crippen LogP contribution in [0.1, 0.15) is 22.5 Å². The predicted molar refractivity (Wildman–Crippen MR) is 108 cm³/mol. The van der Waals surface area contributed by atoms with Crippen molar-refractivity contribution in [2.45, 2.75) is 33.5 Å². The van der Waals surface area contributed by atoms with Crippen LogP contribution in [0.15, 0.2) is 29.3 Å². The Kier molecular flexibility index (Phi) is 7.67. The van der Waals surface area contributed by atoms with Gasteiger partial charge in [0.05, 0.1) is 26.0 Å². The third kappa shape index (κ3) is 5.47. The van der Waals surface area contributed by atoms with Crippen molar-refractivity contribution >= 4 is 5.96 Å². The van der Waals surface area contributed by atoms with Gasteiger partial charge in [0.25, 0.3) is 0 Å². The lowest BCUT2D eigenvalue weighted by Gasteiger charge is -2.22. The fourth-order valence-electron chi connectivity index (χ4n) is 3.02. The number of methoxy groups -OCH3 is 2. The Morgan fingerprint density at radius 3 is 2.52 bits per heavy atom. The topological polar surface area (TPSA) is 63.9 Å². The monoisotopic (exact) mass is 373 g/mol. The molecule has 0 aliphatic heterocycles. The number of guanidine groups is 1. The quantitative estimate of drug-likeness (QED) is 0.568. The Morgan fingerprint density at radius 2 is 1.93 bits per heavy atom. The minimum atomic E-state index is 0.654. The van der Waals surface area contributed by atoms with E-state index in [0.717, 1.165) is 36.2 Å². The van der Waals surface area contributed by atoms with Gasteiger partial charge in [-0.15, -0.1) is 0 Å². The fourth-order valence-corrected chi connectivity index (χ4v) is 3.02. The van der Waals surface area contributed by atoms with Crippen molar-refractivity contribution in [3.63, 3.8) is 0 Å². The summed E-state index contributed by atoms with van der Waals surface area (Å²) < 4.78 is 12.4. The molecule has 0 bridgehead atoms. The van der Waals surface area contributed by atoms with Crippen molar-refractivity contribution in [2.24, 2.45) is 4.99 Å². The molecule has 7 heteroatoms. The van der Waals surface area contributed by atoms with Crippen LogP contribution in [0.2, 0.25) is 0 Å². The minimum Gasteiger partial charge on any atom is -0.497 e. The molecule has 0 atom stereocenters. The first-order valence-electron chi connectivity index (χ1n) is 9.06. The number of hydrogen-bond donors (Lipinski definition) is 1. The summed E-state index contributed by atoms with van der Waals surface area (Å²) in [4.78, 5) is 6.51. The van der Waals surface area contributed by atoms with Gasteiger partial charge in [-0.05, 0) is 31.5 Å². The maximum atomic E-state index is 5.21. The molecule has 1 aromatic heterocycles. The first-order chi connectivity index (χ1) is 13.0. The molecule has 0 fully saturated rings. The van der Waals surface area contributed by atoms with Gasteiger partial charge in [0.15, 0.2) is 5.96 Å². The van der Waals surface area contributed by atoms with E-state index in [1.807, 2.05) is 30.8 Å². The summed E-state index contributed by atoms with van der Waals surface area (Å²) in [5.74, 6) is 1.70. The van der Waals surface area contributed by atoms with Crippen LogP contribution < -0.4 is 10.1 Å². The molecule has 1 heterocycles. The minimum absolute atomic E-state index is 0.654. The standard InChI is InChI=1S/C20H31N5O2/c1-15-19(16(2)25(23-15)11-12-26-5)13-22-20(21-3)24(4)14-17-7-9-18(27-6)10-8-17/h7-10H,11-14H2,1-6H3,(H,21,22). The fraction of sp³-hybridized carbons (Fsp3) is 0.500. The number of aryl methyl sites for hydroxylation is 1. The average molecular weight is 374 g/mol. The maximum absolute atomic E-state index is 5.21. The zero-order valence-electron chi connectivity index (χ0n) is 17.2. The summed E-state index contributed by atoms with van der Waals surface area (Å²) in [7, 11) is 7.21. The SMILES string of the molecule is CN=C(NCc1c(C)nn(CCOC)c1C)N(C)Cc1ccc(OC)cc1. The predicted octanol–water partition coefficient (Wildman–Crippen LogP) is 2.36. The first kappa shape index (κ1) is 20.8. The molecule has 1 N–H and O–H groups in total. The largest absolute Gasteiger partial charge is 0.497 e. The zero-order valence-corrected chi connectivity index (χ0v) is 17.2. The van der Waals surface area contributed by atoms with Crippen LogP contribution in [0.5, 0.6) is 5.75 Å². The van der Waals surface area contributed by atoms with Gasteiger partial charge in [-0.3, -0.25) is 9.67 Å². The second kappa shape index (κ2) is 9.97. The number of aliphatic imine (C=N–C) groups is 1. The molecular formula is C20H31N5O2. The lowest BCUT2D eigenvalue weighted by Crippen LogP contribution is -2.38. The van der Waals surface area contributed by atoms with E-state index in [1.165, 1.54) is 11.1 Å². The zero-order chi connectivity index (χ0) is 19.8. The number of ether oxygens (including phenoxy) is 2. The molecule has 0 saturated heterocycles. The number of nitrogens with zero attached hydrogens (tertiary/aromatic N) is 4. The van der Waals surface area contributed by atoms with E-state index in [4.69, 9.17) is 9.47 Å². The van der Waals surface area contributed by atoms with Crippen molar-refractivity contribution in [1.29, 1.82) is 0 Å². The summed E-state index contributed by atoms with van der Waals surface area (Å²) in [5, 5.41) is 8.06. The third-order valence-electron chi connectivity index (χ3n) is 4.61. The Balaban J connectivity index is 1.99. The van der Waals surface area contributed by atoms with E-state index in [9.17, 15) is 0 Å². The third-order valence-corrected chi connectivity index (χ3v) is 4.61. The summed E-state index contributed by atoms with van der Waals surface area (Å²) in [6.45, 7) is 6.99. The molecule has 148 valence electrons. The maximum Gasteiger partial charge on any atom is 0.193 e. The molecule has 0 radical (unpaired) electrons. The van der Waals surface area contributed by atoms with E-state index < -0.39 is 0 Å². The molecule has 2 rings (SSSR count). The van der Waals surface area contributed by atoms with Crippen LogP contribution in [0.4, 0.5) is 0 Å². The van der Waals surface area contributed by atoms with Crippen molar-refractivity contribution in [3.05, 3.63) is 46.8 Å². The Hall–Kier alpha value is -2.54. The van der Waals surface area contributed by atoms with Crippen molar-refractivity contribution in [2.75, 3.05) is 34.9 Å². The second-order valence-electron chi connectivity index (χ2n) is 6.47. The van der Waals surface area contributed by atoms with Crippen molar-refractivity contribution in [3.8, 4) is 5.75 Å². The van der Waals surface area contributed by atoms with Crippen molar-refractivity contribution in [1.82, 2.24) is 20.0 Å². The van der Waals surface area contributed by atoms with Crippen LogP contribution >= 0.6 is 0 Å². The lowest BCUT2D eigenvalue weighted by molar-refractivity contribution is 0.182. The molecule has 0 spiro atoms. The van der Waals surface area contributed by atoms with E-state index >= 15 is 0 Å². The first-order valence-corrected chi connectivity index (χ1v) is 9.06. The normalized spacial score (nSPS) is 11.6.